The number of ether oxygens (including phenoxy) is 2. The highest BCUT2D eigenvalue weighted by Gasteiger charge is 2.26. The molecular weight excluding hydrogens is 506 g/mol. The molecule has 0 bridgehead atoms. The maximum atomic E-state index is 13.9. The third kappa shape index (κ3) is 6.67. The summed E-state index contributed by atoms with van der Waals surface area (Å²) in [5, 5.41) is 2.51. The summed E-state index contributed by atoms with van der Waals surface area (Å²) in [6, 6.07) is 6.48. The molecule has 0 saturated heterocycles. The third-order valence-electron chi connectivity index (χ3n) is 5.31. The average molecular weight is 530 g/mol. The topological polar surface area (TPSA) is 99.6 Å². The molecule has 2 aromatic carbocycles. The number of benzene rings is 2. The monoisotopic (exact) mass is 529 g/mol. The zero-order chi connectivity index (χ0) is 25.1. The van der Waals surface area contributed by atoms with Crippen molar-refractivity contribution >= 4 is 18.3 Å². The van der Waals surface area contributed by atoms with Gasteiger partial charge in [0.25, 0.3) is 5.91 Å². The average Bonchev–Trinajstić information content (AvgIpc) is 3.52. The van der Waals surface area contributed by atoms with Gasteiger partial charge in [0.2, 0.25) is 5.89 Å². The van der Waals surface area contributed by atoms with Gasteiger partial charge in [-0.15, -0.1) is 12.4 Å². The summed E-state index contributed by atoms with van der Waals surface area (Å²) in [4.78, 5) is 17.0. The zero-order valence-electron chi connectivity index (χ0n) is 19.1. The molecule has 1 heterocycles. The van der Waals surface area contributed by atoms with Crippen molar-refractivity contribution in [3.63, 3.8) is 0 Å². The van der Waals surface area contributed by atoms with Gasteiger partial charge in [-0.25, -0.2) is 13.8 Å². The Morgan fingerprint density at radius 2 is 1.94 bits per heavy atom. The molecule has 1 atom stereocenters. The van der Waals surface area contributed by atoms with Crippen LogP contribution in [0.1, 0.15) is 47.6 Å². The number of nitrogens with one attached hydrogen (secondary N) is 1. The van der Waals surface area contributed by atoms with Gasteiger partial charge in [-0.1, -0.05) is 6.07 Å². The van der Waals surface area contributed by atoms with E-state index in [1.807, 2.05) is 0 Å². The highest BCUT2D eigenvalue weighted by Crippen LogP contribution is 2.37. The van der Waals surface area contributed by atoms with Crippen molar-refractivity contribution in [2.75, 3.05) is 6.61 Å². The third-order valence-corrected chi connectivity index (χ3v) is 5.31. The molecule has 1 aliphatic rings. The number of halogens is 5. The lowest BCUT2D eigenvalue weighted by Crippen LogP contribution is -2.25. The first-order valence-corrected chi connectivity index (χ1v) is 10.9. The first-order chi connectivity index (χ1) is 16.7. The summed E-state index contributed by atoms with van der Waals surface area (Å²) >= 11 is 0. The van der Waals surface area contributed by atoms with Gasteiger partial charge in [-0.3, -0.25) is 4.79 Å². The lowest BCUT2D eigenvalue weighted by Gasteiger charge is -2.12. The van der Waals surface area contributed by atoms with Gasteiger partial charge in [-0.05, 0) is 49.9 Å². The summed E-state index contributed by atoms with van der Waals surface area (Å²) in [6.45, 7) is -1.31. The number of hydrogen-bond donors (Lipinski definition) is 2. The maximum absolute atomic E-state index is 13.9. The van der Waals surface area contributed by atoms with E-state index >= 15 is 0 Å². The molecule has 36 heavy (non-hydrogen) atoms. The van der Waals surface area contributed by atoms with Gasteiger partial charge in [0.1, 0.15) is 11.6 Å². The number of aromatic nitrogens is 1. The summed E-state index contributed by atoms with van der Waals surface area (Å²) in [7, 11) is 0. The first-order valence-electron chi connectivity index (χ1n) is 10.9. The van der Waals surface area contributed by atoms with E-state index in [2.05, 4.69) is 15.0 Å². The van der Waals surface area contributed by atoms with Crippen molar-refractivity contribution in [1.29, 1.82) is 0 Å². The molecule has 0 spiro atoms. The van der Waals surface area contributed by atoms with Crippen LogP contribution in [0.5, 0.6) is 11.5 Å². The van der Waals surface area contributed by atoms with Gasteiger partial charge in [0.15, 0.2) is 23.0 Å². The first kappa shape index (κ1) is 27.3. The summed E-state index contributed by atoms with van der Waals surface area (Å²) in [5.41, 5.74) is 6.26. The Kier molecular flexibility index (Phi) is 8.80. The predicted molar refractivity (Wildman–Crippen MR) is 124 cm³/mol. The predicted octanol–water partition coefficient (Wildman–Crippen LogP) is 5.38. The van der Waals surface area contributed by atoms with Crippen molar-refractivity contribution < 1.29 is 36.2 Å². The van der Waals surface area contributed by atoms with Crippen molar-refractivity contribution in [3.8, 4) is 23.0 Å². The van der Waals surface area contributed by atoms with Gasteiger partial charge in [-0.2, -0.15) is 8.78 Å². The highest BCUT2D eigenvalue weighted by atomic mass is 35.5. The number of nitrogens with zero attached hydrogens (tertiary/aromatic N) is 1. The smallest absolute Gasteiger partial charge is 0.387 e. The van der Waals surface area contributed by atoms with E-state index in [1.165, 1.54) is 24.3 Å². The van der Waals surface area contributed by atoms with Crippen LogP contribution < -0.4 is 20.5 Å². The van der Waals surface area contributed by atoms with Gasteiger partial charge < -0.3 is 24.9 Å². The number of carbonyl (C=O) groups excluding carboxylic acids is 1. The van der Waals surface area contributed by atoms with Crippen LogP contribution in [0.3, 0.4) is 0 Å². The Hall–Kier alpha value is -3.31. The molecular formula is C24H24ClF4N3O4. The summed E-state index contributed by atoms with van der Waals surface area (Å²) in [6.07, 6.45) is 2.00. The normalized spacial score (nSPS) is 13.8. The Labute approximate surface area is 210 Å². The Morgan fingerprint density at radius 1 is 1.19 bits per heavy atom. The number of alkyl halides is 2. The fourth-order valence-electron chi connectivity index (χ4n) is 3.29. The van der Waals surface area contributed by atoms with E-state index in [9.17, 15) is 22.4 Å². The molecule has 12 heteroatoms. The largest absolute Gasteiger partial charge is 0.489 e. The number of hydrogen-bond acceptors (Lipinski definition) is 6. The molecule has 1 aliphatic carbocycles. The Morgan fingerprint density at radius 3 is 2.58 bits per heavy atom. The molecule has 1 fully saturated rings. The van der Waals surface area contributed by atoms with E-state index in [0.29, 0.717) is 24.2 Å². The summed E-state index contributed by atoms with van der Waals surface area (Å²) in [5.74, 6) is -1.81. The van der Waals surface area contributed by atoms with Crippen LogP contribution in [-0.2, 0) is 6.54 Å². The minimum Gasteiger partial charge on any atom is -0.489 e. The fraction of sp³-hybridized carbons (Fsp3) is 0.333. The van der Waals surface area contributed by atoms with Crippen LogP contribution in [0.2, 0.25) is 0 Å². The molecule has 3 aromatic rings. The number of oxazole rings is 1. The molecule has 0 aliphatic heterocycles. The van der Waals surface area contributed by atoms with E-state index in [0.717, 1.165) is 18.9 Å². The lowest BCUT2D eigenvalue weighted by molar-refractivity contribution is -0.0515. The van der Waals surface area contributed by atoms with Crippen LogP contribution >= 0.6 is 12.4 Å². The second-order valence-electron chi connectivity index (χ2n) is 8.23. The second-order valence-corrected chi connectivity index (χ2v) is 8.23. The molecule has 4 rings (SSSR count). The standard InChI is InChI=1S/C24H23F4N3O4.ClH/c1-12(29)21-20(22(32)30-10-15-4-6-16(25)9-17(15)26)31-23(35-21)14-5-7-18(34-24(27)28)19(8-14)33-11-13-2-3-13;/h4-9,12-13,24H,2-3,10-11,29H2,1H3,(H,30,32);1H/t12-;/m0./s1. The molecule has 7 nitrogen and oxygen atoms in total. The Bertz CT molecular complexity index is 1220. The summed E-state index contributed by atoms with van der Waals surface area (Å²) < 4.78 is 68.5. The highest BCUT2D eigenvalue weighted by molar-refractivity contribution is 5.94. The van der Waals surface area contributed by atoms with Crippen molar-refractivity contribution in [1.82, 2.24) is 10.3 Å². The van der Waals surface area contributed by atoms with E-state index in [4.69, 9.17) is 14.9 Å². The van der Waals surface area contributed by atoms with Crippen LogP contribution in [0.4, 0.5) is 17.6 Å². The molecule has 3 N–H and O–H groups in total. The number of amides is 1. The van der Waals surface area contributed by atoms with Crippen LogP contribution in [0.15, 0.2) is 40.8 Å². The number of carbonyl (C=O) groups is 1. The van der Waals surface area contributed by atoms with E-state index in [1.54, 1.807) is 6.92 Å². The Balaban J connectivity index is 0.00000361. The molecule has 0 unspecified atom stereocenters. The van der Waals surface area contributed by atoms with Gasteiger partial charge in [0, 0.05) is 23.7 Å². The van der Waals surface area contributed by atoms with Crippen molar-refractivity contribution in [2.45, 2.75) is 39.0 Å². The van der Waals surface area contributed by atoms with Crippen molar-refractivity contribution in [2.24, 2.45) is 11.7 Å². The molecule has 0 radical (unpaired) electrons. The quantitative estimate of drug-likeness (QED) is 0.342. The number of nitrogens with two attached hydrogens (primary N) is 1. The number of rotatable bonds is 10. The minimum absolute atomic E-state index is 0. The SMILES string of the molecule is C[C@H](N)c1oc(-c2ccc(OC(F)F)c(OCC3CC3)c2)nc1C(=O)NCc1ccc(F)cc1F.Cl. The molecule has 194 valence electrons. The van der Waals surface area contributed by atoms with E-state index in [-0.39, 0.29) is 53.4 Å². The second kappa shape index (κ2) is 11.6. The van der Waals surface area contributed by atoms with E-state index < -0.39 is 30.2 Å². The van der Waals surface area contributed by atoms with Crippen LogP contribution in [0.25, 0.3) is 11.5 Å². The van der Waals surface area contributed by atoms with Crippen LogP contribution in [-0.4, -0.2) is 24.1 Å². The molecule has 1 aromatic heterocycles. The minimum atomic E-state index is -3.03. The van der Waals surface area contributed by atoms with Crippen molar-refractivity contribution in [3.05, 3.63) is 65.1 Å². The lowest BCUT2D eigenvalue weighted by atomic mass is 10.2. The van der Waals surface area contributed by atoms with Crippen LogP contribution in [0, 0.1) is 17.6 Å². The zero-order valence-corrected chi connectivity index (χ0v) is 19.9. The molecule has 1 amide bonds. The van der Waals surface area contributed by atoms with Gasteiger partial charge >= 0.3 is 6.61 Å². The maximum Gasteiger partial charge on any atom is 0.387 e. The van der Waals surface area contributed by atoms with Gasteiger partial charge in [0.05, 0.1) is 12.6 Å². The molecule has 1 saturated carbocycles. The fourth-order valence-corrected chi connectivity index (χ4v) is 3.29.